The molecule has 0 aliphatic carbocycles. The fourth-order valence-electron chi connectivity index (χ4n) is 1.56. The minimum absolute atomic E-state index is 0.214. The summed E-state index contributed by atoms with van der Waals surface area (Å²) in [7, 11) is 0. The molecule has 0 saturated heterocycles. The second kappa shape index (κ2) is 5.70. The number of carbonyl (C=O) groups is 2. The Morgan fingerprint density at radius 3 is 2.40 bits per heavy atom. The van der Waals surface area contributed by atoms with Crippen LogP contribution >= 0.6 is 11.3 Å². The highest BCUT2D eigenvalue weighted by molar-refractivity contribution is 7.17. The first kappa shape index (κ1) is 14.0. The van der Waals surface area contributed by atoms with Crippen molar-refractivity contribution in [2.75, 3.05) is 6.61 Å². The summed E-state index contributed by atoms with van der Waals surface area (Å²) in [6.45, 7) is 1.24. The lowest BCUT2D eigenvalue weighted by Gasteiger charge is -2.03. The zero-order valence-electron chi connectivity index (χ0n) is 10.5. The number of aromatic nitrogens is 1. The fourth-order valence-corrected chi connectivity index (χ4v) is 2.47. The van der Waals surface area contributed by atoms with Gasteiger partial charge in [0.25, 0.3) is 0 Å². The number of benzene rings is 1. The number of aromatic carboxylic acids is 1. The molecule has 1 heterocycles. The first-order valence-electron chi connectivity index (χ1n) is 5.63. The minimum atomic E-state index is -1.05. The SMILES string of the molecule is Cc1nc(-c2ccc(OCC(=O)O)cc2)sc1C(=O)O. The zero-order valence-corrected chi connectivity index (χ0v) is 11.3. The van der Waals surface area contributed by atoms with Gasteiger partial charge in [-0.05, 0) is 31.2 Å². The van der Waals surface area contributed by atoms with E-state index in [9.17, 15) is 9.59 Å². The van der Waals surface area contributed by atoms with E-state index in [0.29, 0.717) is 16.5 Å². The van der Waals surface area contributed by atoms with Gasteiger partial charge in [0.1, 0.15) is 15.6 Å². The first-order chi connectivity index (χ1) is 9.47. The van der Waals surface area contributed by atoms with Crippen molar-refractivity contribution >= 4 is 23.3 Å². The van der Waals surface area contributed by atoms with Crippen molar-refractivity contribution in [3.63, 3.8) is 0 Å². The summed E-state index contributed by atoms with van der Waals surface area (Å²) in [5, 5.41) is 18.1. The highest BCUT2D eigenvalue weighted by Gasteiger charge is 2.14. The number of hydrogen-bond donors (Lipinski definition) is 2. The lowest BCUT2D eigenvalue weighted by Crippen LogP contribution is -2.09. The lowest BCUT2D eigenvalue weighted by atomic mass is 10.2. The number of rotatable bonds is 5. The molecule has 2 N–H and O–H groups in total. The maximum Gasteiger partial charge on any atom is 0.347 e. The summed E-state index contributed by atoms with van der Waals surface area (Å²) >= 11 is 1.10. The van der Waals surface area contributed by atoms with Crippen molar-refractivity contribution in [3.05, 3.63) is 34.8 Å². The number of thiazole rings is 1. The molecule has 0 unspecified atom stereocenters. The van der Waals surface area contributed by atoms with Gasteiger partial charge < -0.3 is 14.9 Å². The van der Waals surface area contributed by atoms with E-state index in [4.69, 9.17) is 14.9 Å². The van der Waals surface area contributed by atoms with E-state index >= 15 is 0 Å². The number of nitrogens with zero attached hydrogens (tertiary/aromatic N) is 1. The summed E-state index contributed by atoms with van der Waals surface area (Å²) in [4.78, 5) is 25.8. The molecule has 0 spiro atoms. The van der Waals surface area contributed by atoms with Crippen LogP contribution in [0.25, 0.3) is 10.6 Å². The number of ether oxygens (including phenoxy) is 1. The maximum atomic E-state index is 11.0. The molecule has 0 aliphatic rings. The van der Waals surface area contributed by atoms with Crippen LogP contribution in [-0.4, -0.2) is 33.7 Å². The van der Waals surface area contributed by atoms with E-state index in [1.807, 2.05) is 0 Å². The van der Waals surface area contributed by atoms with Crippen LogP contribution in [0.5, 0.6) is 5.75 Å². The molecule has 0 saturated carbocycles. The molecule has 2 rings (SSSR count). The lowest BCUT2D eigenvalue weighted by molar-refractivity contribution is -0.139. The Bertz CT molecular complexity index is 647. The molecule has 0 atom stereocenters. The number of carboxylic acids is 2. The fraction of sp³-hybridized carbons (Fsp3) is 0.154. The van der Waals surface area contributed by atoms with Gasteiger partial charge >= 0.3 is 11.9 Å². The minimum Gasteiger partial charge on any atom is -0.482 e. The predicted octanol–water partition coefficient (Wildman–Crippen LogP) is 2.28. The maximum absolute atomic E-state index is 11.0. The van der Waals surface area contributed by atoms with Gasteiger partial charge in [0, 0.05) is 5.56 Å². The molecule has 0 radical (unpaired) electrons. The van der Waals surface area contributed by atoms with Crippen LogP contribution in [0.15, 0.2) is 24.3 Å². The van der Waals surface area contributed by atoms with Gasteiger partial charge in [0.2, 0.25) is 0 Å². The molecule has 0 bridgehead atoms. The molecule has 1 aromatic carbocycles. The molecule has 7 heteroatoms. The molecule has 20 heavy (non-hydrogen) atoms. The topological polar surface area (TPSA) is 96.7 Å². The van der Waals surface area contributed by atoms with Gasteiger partial charge in [-0.15, -0.1) is 11.3 Å². The molecular formula is C13H11NO5S. The van der Waals surface area contributed by atoms with Crippen molar-refractivity contribution < 1.29 is 24.5 Å². The highest BCUT2D eigenvalue weighted by atomic mass is 32.1. The van der Waals surface area contributed by atoms with Gasteiger partial charge in [-0.3, -0.25) is 0 Å². The molecule has 0 amide bonds. The third kappa shape index (κ3) is 3.12. The molecular weight excluding hydrogens is 282 g/mol. The Balaban J connectivity index is 2.19. The summed E-state index contributed by atoms with van der Waals surface area (Å²) in [5.41, 5.74) is 1.23. The van der Waals surface area contributed by atoms with Crippen LogP contribution in [0.1, 0.15) is 15.4 Å². The van der Waals surface area contributed by atoms with Crippen molar-refractivity contribution in [1.29, 1.82) is 0 Å². The summed E-state index contributed by atoms with van der Waals surface area (Å²) in [5.74, 6) is -1.61. The second-order valence-corrected chi connectivity index (χ2v) is 4.94. The number of aryl methyl sites for hydroxylation is 1. The van der Waals surface area contributed by atoms with Crippen molar-refractivity contribution in [2.24, 2.45) is 0 Å². The average Bonchev–Trinajstić information content (AvgIpc) is 2.79. The molecule has 1 aromatic heterocycles. The van der Waals surface area contributed by atoms with Crippen LogP contribution in [0.3, 0.4) is 0 Å². The van der Waals surface area contributed by atoms with Crippen LogP contribution < -0.4 is 4.74 Å². The van der Waals surface area contributed by atoms with Gasteiger partial charge in [-0.25, -0.2) is 14.6 Å². The Morgan fingerprint density at radius 1 is 1.25 bits per heavy atom. The number of hydrogen-bond acceptors (Lipinski definition) is 5. The standard InChI is InChI=1S/C13H11NO5S/c1-7-11(13(17)18)20-12(14-7)8-2-4-9(5-3-8)19-6-10(15)16/h2-5H,6H2,1H3,(H,15,16)(H,17,18). The van der Waals surface area contributed by atoms with Crippen molar-refractivity contribution in [3.8, 4) is 16.3 Å². The van der Waals surface area contributed by atoms with E-state index in [-0.39, 0.29) is 4.88 Å². The monoisotopic (exact) mass is 293 g/mol. The quantitative estimate of drug-likeness (QED) is 0.877. The van der Waals surface area contributed by atoms with Crippen LogP contribution in [0.2, 0.25) is 0 Å². The van der Waals surface area contributed by atoms with E-state index in [0.717, 1.165) is 16.9 Å². The van der Waals surface area contributed by atoms with E-state index in [1.165, 1.54) is 0 Å². The number of aliphatic carboxylic acids is 1. The third-order valence-electron chi connectivity index (χ3n) is 2.45. The van der Waals surface area contributed by atoms with Gasteiger partial charge in [0.05, 0.1) is 5.69 Å². The first-order valence-corrected chi connectivity index (χ1v) is 6.45. The average molecular weight is 293 g/mol. The Morgan fingerprint density at radius 2 is 1.90 bits per heavy atom. The second-order valence-electron chi connectivity index (χ2n) is 3.95. The summed E-state index contributed by atoms with van der Waals surface area (Å²) in [6.07, 6.45) is 0. The Labute approximate surface area is 118 Å². The Hall–Kier alpha value is -2.41. The van der Waals surface area contributed by atoms with Crippen molar-refractivity contribution in [2.45, 2.75) is 6.92 Å². The number of carboxylic acid groups (broad SMARTS) is 2. The van der Waals surface area contributed by atoms with Crippen LogP contribution in [0.4, 0.5) is 0 Å². The van der Waals surface area contributed by atoms with Crippen molar-refractivity contribution in [1.82, 2.24) is 4.98 Å². The van der Waals surface area contributed by atoms with Gasteiger partial charge in [0.15, 0.2) is 6.61 Å². The molecule has 0 aliphatic heterocycles. The molecule has 2 aromatic rings. The van der Waals surface area contributed by atoms with E-state index < -0.39 is 18.5 Å². The largest absolute Gasteiger partial charge is 0.482 e. The van der Waals surface area contributed by atoms with E-state index in [2.05, 4.69) is 4.98 Å². The summed E-state index contributed by atoms with van der Waals surface area (Å²) < 4.78 is 5.01. The van der Waals surface area contributed by atoms with Gasteiger partial charge in [-0.2, -0.15) is 0 Å². The highest BCUT2D eigenvalue weighted by Crippen LogP contribution is 2.29. The molecule has 104 valence electrons. The van der Waals surface area contributed by atoms with Crippen LogP contribution in [-0.2, 0) is 4.79 Å². The smallest absolute Gasteiger partial charge is 0.347 e. The third-order valence-corrected chi connectivity index (χ3v) is 3.65. The molecule has 6 nitrogen and oxygen atoms in total. The van der Waals surface area contributed by atoms with Crippen LogP contribution in [0, 0.1) is 6.92 Å². The van der Waals surface area contributed by atoms with E-state index in [1.54, 1.807) is 31.2 Å². The summed E-state index contributed by atoms with van der Waals surface area (Å²) in [6, 6.07) is 6.66. The molecule has 0 fully saturated rings. The normalized spacial score (nSPS) is 10.2. The Kier molecular flexibility index (Phi) is 3.99. The predicted molar refractivity (Wildman–Crippen MR) is 72.4 cm³/mol. The van der Waals surface area contributed by atoms with Gasteiger partial charge in [-0.1, -0.05) is 0 Å². The zero-order chi connectivity index (χ0) is 14.7.